The fourth-order valence-electron chi connectivity index (χ4n) is 3.01. The van der Waals surface area contributed by atoms with Gasteiger partial charge in [0.1, 0.15) is 0 Å². The van der Waals surface area contributed by atoms with Gasteiger partial charge in [-0.1, -0.05) is 24.3 Å². The van der Waals surface area contributed by atoms with E-state index in [4.69, 9.17) is 5.11 Å². The summed E-state index contributed by atoms with van der Waals surface area (Å²) in [6, 6.07) is 13.6. The topological polar surface area (TPSA) is 149 Å². The SMILES string of the molecule is O=C(O)c1cc(C(=O)O)cc(-c2ccc(-c3cccc(C(=O)O)c3)c(C(=O)O)c2)c1. The van der Waals surface area contributed by atoms with Crippen LogP contribution in [0.25, 0.3) is 22.3 Å². The molecule has 0 heterocycles. The number of benzene rings is 3. The summed E-state index contributed by atoms with van der Waals surface area (Å²) in [7, 11) is 0. The Morgan fingerprint density at radius 2 is 1.07 bits per heavy atom. The molecule has 0 aliphatic heterocycles. The zero-order valence-corrected chi connectivity index (χ0v) is 15.2. The molecule has 0 saturated carbocycles. The van der Waals surface area contributed by atoms with E-state index in [2.05, 4.69) is 0 Å². The Labute approximate surface area is 169 Å². The molecule has 0 atom stereocenters. The lowest BCUT2D eigenvalue weighted by Crippen LogP contribution is -2.04. The van der Waals surface area contributed by atoms with Crippen LogP contribution in [0.4, 0.5) is 0 Å². The molecule has 0 aromatic heterocycles. The van der Waals surface area contributed by atoms with Gasteiger partial charge in [-0.25, -0.2) is 19.2 Å². The largest absolute Gasteiger partial charge is 0.478 e. The van der Waals surface area contributed by atoms with Crippen molar-refractivity contribution in [3.63, 3.8) is 0 Å². The van der Waals surface area contributed by atoms with Gasteiger partial charge in [0.2, 0.25) is 0 Å². The van der Waals surface area contributed by atoms with E-state index in [0.717, 1.165) is 6.07 Å². The van der Waals surface area contributed by atoms with Crippen molar-refractivity contribution in [1.82, 2.24) is 0 Å². The maximum atomic E-state index is 11.8. The van der Waals surface area contributed by atoms with E-state index in [-0.39, 0.29) is 33.4 Å². The third-order valence-corrected chi connectivity index (χ3v) is 4.43. The van der Waals surface area contributed by atoms with E-state index < -0.39 is 23.9 Å². The number of rotatable bonds is 6. The maximum Gasteiger partial charge on any atom is 0.336 e. The molecule has 0 aliphatic carbocycles. The average molecular weight is 406 g/mol. The second-order valence-corrected chi connectivity index (χ2v) is 6.36. The zero-order valence-electron chi connectivity index (χ0n) is 15.2. The van der Waals surface area contributed by atoms with Gasteiger partial charge in [-0.3, -0.25) is 0 Å². The minimum Gasteiger partial charge on any atom is -0.478 e. The summed E-state index contributed by atoms with van der Waals surface area (Å²) in [5.74, 6) is -5.07. The molecule has 0 saturated heterocycles. The van der Waals surface area contributed by atoms with Crippen LogP contribution in [-0.4, -0.2) is 44.3 Å². The molecule has 0 unspecified atom stereocenters. The molecule has 3 aromatic rings. The number of carboxylic acids is 4. The van der Waals surface area contributed by atoms with E-state index in [1.807, 2.05) is 0 Å². The molecule has 3 aromatic carbocycles. The molecule has 4 N–H and O–H groups in total. The van der Waals surface area contributed by atoms with E-state index in [1.54, 1.807) is 6.07 Å². The van der Waals surface area contributed by atoms with Crippen molar-refractivity contribution in [1.29, 1.82) is 0 Å². The van der Waals surface area contributed by atoms with Gasteiger partial charge in [0.25, 0.3) is 0 Å². The minimum absolute atomic E-state index is 0.00632. The second-order valence-electron chi connectivity index (χ2n) is 6.36. The summed E-state index contributed by atoms with van der Waals surface area (Å²) in [6.45, 7) is 0. The number of hydrogen-bond donors (Lipinski definition) is 4. The first-order chi connectivity index (χ1) is 14.2. The highest BCUT2D eigenvalue weighted by molar-refractivity contribution is 6.00. The second kappa shape index (κ2) is 7.88. The Balaban J connectivity index is 2.19. The monoisotopic (exact) mass is 406 g/mol. The van der Waals surface area contributed by atoms with Crippen LogP contribution in [0.1, 0.15) is 41.4 Å². The maximum absolute atomic E-state index is 11.8. The van der Waals surface area contributed by atoms with Crippen molar-refractivity contribution in [3.05, 3.63) is 82.9 Å². The van der Waals surface area contributed by atoms with Crippen molar-refractivity contribution in [2.75, 3.05) is 0 Å². The van der Waals surface area contributed by atoms with E-state index in [1.165, 1.54) is 48.5 Å². The molecule has 0 bridgehead atoms. The quantitative estimate of drug-likeness (QED) is 0.483. The number of aromatic carboxylic acids is 4. The van der Waals surface area contributed by atoms with Gasteiger partial charge < -0.3 is 20.4 Å². The number of carbonyl (C=O) groups is 4. The Bertz CT molecular complexity index is 1180. The highest BCUT2D eigenvalue weighted by Crippen LogP contribution is 2.31. The molecule has 0 spiro atoms. The first kappa shape index (κ1) is 20.3. The molecule has 0 radical (unpaired) electrons. The van der Waals surface area contributed by atoms with Gasteiger partial charge in [0.15, 0.2) is 0 Å². The summed E-state index contributed by atoms with van der Waals surface area (Å²) < 4.78 is 0. The van der Waals surface area contributed by atoms with Crippen LogP contribution in [-0.2, 0) is 0 Å². The van der Waals surface area contributed by atoms with Gasteiger partial charge in [0, 0.05) is 0 Å². The smallest absolute Gasteiger partial charge is 0.336 e. The van der Waals surface area contributed by atoms with Gasteiger partial charge in [-0.2, -0.15) is 0 Å². The number of carboxylic acid groups (broad SMARTS) is 4. The van der Waals surface area contributed by atoms with Gasteiger partial charge in [-0.05, 0) is 58.7 Å². The molecule has 0 aliphatic rings. The molecule has 150 valence electrons. The van der Waals surface area contributed by atoms with Crippen LogP contribution in [0.5, 0.6) is 0 Å². The highest BCUT2D eigenvalue weighted by atomic mass is 16.4. The van der Waals surface area contributed by atoms with Crippen LogP contribution in [0.3, 0.4) is 0 Å². The van der Waals surface area contributed by atoms with Crippen molar-refractivity contribution in [2.24, 2.45) is 0 Å². The zero-order chi connectivity index (χ0) is 22.0. The van der Waals surface area contributed by atoms with Crippen LogP contribution in [0.2, 0.25) is 0 Å². The lowest BCUT2D eigenvalue weighted by molar-refractivity contribution is 0.0680. The summed E-state index contributed by atoms with van der Waals surface area (Å²) in [6.07, 6.45) is 0. The van der Waals surface area contributed by atoms with Crippen molar-refractivity contribution < 1.29 is 39.6 Å². The lowest BCUT2D eigenvalue weighted by Gasteiger charge is -2.11. The van der Waals surface area contributed by atoms with Crippen molar-refractivity contribution >= 4 is 23.9 Å². The van der Waals surface area contributed by atoms with Gasteiger partial charge in [-0.15, -0.1) is 0 Å². The van der Waals surface area contributed by atoms with Crippen LogP contribution < -0.4 is 0 Å². The Kier molecular flexibility index (Phi) is 5.33. The van der Waals surface area contributed by atoms with Gasteiger partial charge in [0.05, 0.1) is 22.3 Å². The third kappa shape index (κ3) is 4.02. The molecule has 30 heavy (non-hydrogen) atoms. The highest BCUT2D eigenvalue weighted by Gasteiger charge is 2.17. The molecular weight excluding hydrogens is 392 g/mol. The molecule has 0 amide bonds. The molecule has 8 nitrogen and oxygen atoms in total. The van der Waals surface area contributed by atoms with E-state index >= 15 is 0 Å². The average Bonchev–Trinajstić information content (AvgIpc) is 2.72. The fourth-order valence-corrected chi connectivity index (χ4v) is 3.01. The first-order valence-electron chi connectivity index (χ1n) is 8.50. The number of hydrogen-bond acceptors (Lipinski definition) is 4. The summed E-state index contributed by atoms with van der Waals surface area (Å²) >= 11 is 0. The normalized spacial score (nSPS) is 10.4. The summed E-state index contributed by atoms with van der Waals surface area (Å²) in [5.41, 5.74) is 0.518. The Hall–Kier alpha value is -4.46. The van der Waals surface area contributed by atoms with Crippen LogP contribution in [0.15, 0.2) is 60.7 Å². The molecule has 8 heteroatoms. The van der Waals surface area contributed by atoms with Crippen molar-refractivity contribution in [2.45, 2.75) is 0 Å². The predicted molar refractivity (Wildman–Crippen MR) is 105 cm³/mol. The molecular formula is C22H14O8. The molecule has 3 rings (SSSR count). The molecule has 0 fully saturated rings. The predicted octanol–water partition coefficient (Wildman–Crippen LogP) is 3.81. The van der Waals surface area contributed by atoms with Crippen LogP contribution in [0, 0.1) is 0 Å². The Morgan fingerprint density at radius 1 is 0.500 bits per heavy atom. The summed E-state index contributed by atoms with van der Waals surface area (Å²) in [4.78, 5) is 45.7. The minimum atomic E-state index is -1.32. The van der Waals surface area contributed by atoms with Crippen LogP contribution >= 0.6 is 0 Å². The standard InChI is InChI=1S/C22H14O8/c23-19(24)13-3-1-2-12(6-13)17-5-4-11(10-18(17)22(29)30)14-7-15(20(25)26)9-16(8-14)21(27)28/h1-10H,(H,23,24)(H,25,26)(H,27,28)(H,29,30). The van der Waals surface area contributed by atoms with E-state index in [9.17, 15) is 34.5 Å². The first-order valence-corrected chi connectivity index (χ1v) is 8.50. The van der Waals surface area contributed by atoms with Gasteiger partial charge >= 0.3 is 23.9 Å². The van der Waals surface area contributed by atoms with Crippen molar-refractivity contribution in [3.8, 4) is 22.3 Å². The summed E-state index contributed by atoms with van der Waals surface area (Å²) in [5, 5.41) is 37.3. The third-order valence-electron chi connectivity index (χ3n) is 4.43. The Morgan fingerprint density at radius 3 is 1.60 bits per heavy atom. The van der Waals surface area contributed by atoms with E-state index in [0.29, 0.717) is 11.1 Å². The lowest BCUT2D eigenvalue weighted by atomic mass is 9.93. The fraction of sp³-hybridized carbons (Fsp3) is 0.